The Kier molecular flexibility index (Phi) is 8.03. The van der Waals surface area contributed by atoms with Crippen LogP contribution in [0.2, 0.25) is 10.0 Å². The van der Waals surface area contributed by atoms with E-state index in [0.717, 1.165) is 18.2 Å². The predicted molar refractivity (Wildman–Crippen MR) is 127 cm³/mol. The van der Waals surface area contributed by atoms with E-state index in [-0.39, 0.29) is 15.9 Å². The molecule has 0 aliphatic carbocycles. The van der Waals surface area contributed by atoms with Crippen molar-refractivity contribution in [3.63, 3.8) is 0 Å². The van der Waals surface area contributed by atoms with Gasteiger partial charge in [-0.25, -0.2) is 4.99 Å². The van der Waals surface area contributed by atoms with Gasteiger partial charge in [-0.05, 0) is 56.1 Å². The molecule has 35 heavy (non-hydrogen) atoms. The van der Waals surface area contributed by atoms with Gasteiger partial charge in [0, 0.05) is 22.2 Å². The smallest absolute Gasteiger partial charge is 0.339 e. The monoisotopic (exact) mass is 533 g/mol. The number of benzene rings is 3. The average Bonchev–Trinajstić information content (AvgIpc) is 2.74. The topological polar surface area (TPSA) is 27.6 Å². The first-order valence-electron chi connectivity index (χ1n) is 10.1. The molecule has 1 N–H and O–H groups in total. The lowest BCUT2D eigenvalue weighted by Gasteiger charge is -2.20. The fraction of sp³-hybridized carbons (Fsp3) is 0.208. The lowest BCUT2D eigenvalue weighted by molar-refractivity contribution is -0.137. The quantitative estimate of drug-likeness (QED) is 0.203. The Morgan fingerprint density at radius 1 is 0.829 bits per heavy atom. The Morgan fingerprint density at radius 3 is 2.00 bits per heavy atom. The van der Waals surface area contributed by atoms with Crippen LogP contribution in [-0.2, 0) is 18.9 Å². The lowest BCUT2D eigenvalue weighted by Crippen LogP contribution is -2.21. The van der Waals surface area contributed by atoms with Gasteiger partial charge in [0.15, 0.2) is 0 Å². The van der Waals surface area contributed by atoms with Crippen LogP contribution in [0.25, 0.3) is 0 Å². The summed E-state index contributed by atoms with van der Waals surface area (Å²) in [6.45, 7) is 0.358. The van der Waals surface area contributed by atoms with Gasteiger partial charge < -0.3 is 10.2 Å². The number of alkyl halides is 6. The van der Waals surface area contributed by atoms with Crippen molar-refractivity contribution in [2.24, 2.45) is 4.99 Å². The summed E-state index contributed by atoms with van der Waals surface area (Å²) in [5.74, 6) is -0.205. The van der Waals surface area contributed by atoms with Gasteiger partial charge in [0.1, 0.15) is 5.84 Å². The van der Waals surface area contributed by atoms with Crippen molar-refractivity contribution in [3.8, 4) is 0 Å². The summed E-state index contributed by atoms with van der Waals surface area (Å²) in [5.41, 5.74) is -2.17. The third kappa shape index (κ3) is 6.90. The van der Waals surface area contributed by atoms with Crippen LogP contribution >= 0.6 is 23.2 Å². The fourth-order valence-electron chi connectivity index (χ4n) is 3.33. The molecule has 0 fully saturated rings. The number of rotatable bonds is 5. The molecule has 3 aromatic carbocycles. The highest BCUT2D eigenvalue weighted by Gasteiger charge is 2.35. The number of nitrogens with zero attached hydrogens (tertiary/aromatic N) is 2. The van der Waals surface area contributed by atoms with Crippen LogP contribution in [0.5, 0.6) is 0 Å². The highest BCUT2D eigenvalue weighted by Crippen LogP contribution is 2.39. The van der Waals surface area contributed by atoms with Crippen molar-refractivity contribution < 1.29 is 26.3 Å². The molecule has 0 radical (unpaired) electrons. The Balaban J connectivity index is 2.27. The van der Waals surface area contributed by atoms with E-state index in [1.807, 2.05) is 4.90 Å². The largest absolute Gasteiger partial charge is 0.418 e. The first-order valence-corrected chi connectivity index (χ1v) is 10.8. The molecule has 0 amide bonds. The molecule has 186 valence electrons. The average molecular weight is 534 g/mol. The van der Waals surface area contributed by atoms with E-state index in [1.54, 1.807) is 38.4 Å². The standard InChI is InChI=1S/C24H19Cl2F6N3/c1-35(2)13-14-5-3-4-6-17(14)22(33-20-9-7-15(25)11-18(20)23(27,28)29)34-21-10-8-16(26)12-19(21)24(30,31)32/h3-12H,13H2,1-2H3,(H,33,34). The van der Waals surface area contributed by atoms with Gasteiger partial charge in [0.05, 0.1) is 22.5 Å². The number of amidine groups is 1. The van der Waals surface area contributed by atoms with Gasteiger partial charge in [0.25, 0.3) is 0 Å². The van der Waals surface area contributed by atoms with E-state index in [2.05, 4.69) is 10.3 Å². The third-order valence-corrected chi connectivity index (χ3v) is 5.27. The van der Waals surface area contributed by atoms with Crippen molar-refractivity contribution in [1.82, 2.24) is 4.90 Å². The van der Waals surface area contributed by atoms with Crippen molar-refractivity contribution in [2.45, 2.75) is 18.9 Å². The first kappa shape index (κ1) is 26.8. The van der Waals surface area contributed by atoms with E-state index in [9.17, 15) is 26.3 Å². The van der Waals surface area contributed by atoms with Crippen molar-refractivity contribution in [1.29, 1.82) is 0 Å². The summed E-state index contributed by atoms with van der Waals surface area (Å²) in [5, 5.41) is 2.30. The van der Waals surface area contributed by atoms with E-state index >= 15 is 0 Å². The van der Waals surface area contributed by atoms with Gasteiger partial charge in [-0.2, -0.15) is 26.3 Å². The number of hydrogen-bond donors (Lipinski definition) is 1. The van der Waals surface area contributed by atoms with Crippen LogP contribution in [0.4, 0.5) is 37.7 Å². The number of anilines is 1. The van der Waals surface area contributed by atoms with Gasteiger partial charge in [0.2, 0.25) is 0 Å². The zero-order valence-corrected chi connectivity index (χ0v) is 19.9. The lowest BCUT2D eigenvalue weighted by atomic mass is 10.0. The number of nitrogens with one attached hydrogen (secondary N) is 1. The summed E-state index contributed by atoms with van der Waals surface area (Å²) in [4.78, 5) is 5.96. The second-order valence-corrected chi connectivity index (χ2v) is 8.70. The molecule has 0 unspecified atom stereocenters. The Bertz CT molecular complexity index is 1240. The molecule has 3 aromatic rings. The van der Waals surface area contributed by atoms with Gasteiger partial charge in [-0.3, -0.25) is 0 Å². The molecule has 11 heteroatoms. The normalized spacial score (nSPS) is 12.8. The SMILES string of the molecule is CN(C)Cc1ccccc1C(=Nc1ccc(Cl)cc1C(F)(F)F)Nc1ccc(Cl)cc1C(F)(F)F. The second-order valence-electron chi connectivity index (χ2n) is 7.83. The molecule has 0 aromatic heterocycles. The summed E-state index contributed by atoms with van der Waals surface area (Å²) in [6, 6.07) is 12.7. The minimum absolute atomic E-state index is 0.147. The number of halogens is 8. The maximum atomic E-state index is 13.7. The summed E-state index contributed by atoms with van der Waals surface area (Å²) in [7, 11) is 3.56. The Hall–Kier alpha value is -2.75. The summed E-state index contributed by atoms with van der Waals surface area (Å²) >= 11 is 11.5. The zero-order chi connectivity index (χ0) is 26.0. The van der Waals surface area contributed by atoms with E-state index in [0.29, 0.717) is 23.7 Å². The molecule has 0 spiro atoms. The maximum Gasteiger partial charge on any atom is 0.418 e. The highest BCUT2D eigenvalue weighted by atomic mass is 35.5. The molecule has 0 aliphatic rings. The van der Waals surface area contributed by atoms with Crippen LogP contribution in [0.15, 0.2) is 65.7 Å². The maximum absolute atomic E-state index is 13.7. The number of hydrogen-bond acceptors (Lipinski definition) is 2. The fourth-order valence-corrected chi connectivity index (χ4v) is 3.67. The highest BCUT2D eigenvalue weighted by molar-refractivity contribution is 6.31. The predicted octanol–water partition coefficient (Wildman–Crippen LogP) is 8.28. The molecule has 0 saturated carbocycles. The zero-order valence-electron chi connectivity index (χ0n) is 18.4. The third-order valence-electron chi connectivity index (χ3n) is 4.80. The van der Waals surface area contributed by atoms with Crippen molar-refractivity contribution >= 4 is 40.4 Å². The van der Waals surface area contributed by atoms with Crippen LogP contribution in [-0.4, -0.2) is 24.8 Å². The molecule has 0 saturated heterocycles. The minimum Gasteiger partial charge on any atom is -0.339 e. The molecule has 3 rings (SSSR count). The van der Waals surface area contributed by atoms with Crippen molar-refractivity contribution in [2.75, 3.05) is 19.4 Å². The molecule has 0 atom stereocenters. The molecule has 0 bridgehead atoms. The van der Waals surface area contributed by atoms with Gasteiger partial charge in [-0.1, -0.05) is 47.5 Å². The van der Waals surface area contributed by atoms with Gasteiger partial charge in [-0.15, -0.1) is 0 Å². The molecular weight excluding hydrogens is 515 g/mol. The minimum atomic E-state index is -4.80. The van der Waals surface area contributed by atoms with Crippen LogP contribution < -0.4 is 5.32 Å². The Labute approximate surface area is 208 Å². The van der Waals surface area contributed by atoms with E-state index in [4.69, 9.17) is 23.2 Å². The summed E-state index contributed by atoms with van der Waals surface area (Å²) < 4.78 is 82.3. The van der Waals surface area contributed by atoms with E-state index in [1.165, 1.54) is 12.1 Å². The van der Waals surface area contributed by atoms with Gasteiger partial charge >= 0.3 is 12.4 Å². The molecule has 0 aliphatic heterocycles. The number of aliphatic imine (C=N–C) groups is 1. The van der Waals surface area contributed by atoms with Crippen LogP contribution in [0, 0.1) is 0 Å². The Morgan fingerprint density at radius 2 is 1.40 bits per heavy atom. The molecule has 3 nitrogen and oxygen atoms in total. The van der Waals surface area contributed by atoms with Crippen LogP contribution in [0.3, 0.4) is 0 Å². The van der Waals surface area contributed by atoms with Crippen LogP contribution in [0.1, 0.15) is 22.3 Å². The van der Waals surface area contributed by atoms with Crippen molar-refractivity contribution in [3.05, 3.63) is 93.0 Å². The molecule has 0 heterocycles. The first-order chi connectivity index (χ1) is 16.3. The second kappa shape index (κ2) is 10.5. The molecular formula is C24H19Cl2F6N3. The summed E-state index contributed by atoms with van der Waals surface area (Å²) in [6.07, 6.45) is -9.58. The van der Waals surface area contributed by atoms with E-state index < -0.39 is 34.9 Å².